The van der Waals surface area contributed by atoms with Gasteiger partial charge in [-0.1, -0.05) is 11.6 Å². The number of imidazole rings is 1. The smallest absolute Gasteiger partial charge is 0.251 e. The zero-order chi connectivity index (χ0) is 15.4. The molecule has 0 spiro atoms. The number of carbonyl (C=O) groups excluding carboxylic acids is 1. The van der Waals surface area contributed by atoms with Crippen LogP contribution in [0, 0.1) is 0 Å². The van der Waals surface area contributed by atoms with Gasteiger partial charge in [0.25, 0.3) is 5.91 Å². The van der Waals surface area contributed by atoms with Gasteiger partial charge in [0.2, 0.25) is 0 Å². The Bertz CT molecular complexity index is 658. The van der Waals surface area contributed by atoms with Crippen molar-refractivity contribution in [1.29, 1.82) is 0 Å². The summed E-state index contributed by atoms with van der Waals surface area (Å²) in [6.45, 7) is 2.30. The lowest BCUT2D eigenvalue weighted by atomic mass is 10.1. The second-order valence-corrected chi connectivity index (χ2v) is 5.30. The van der Waals surface area contributed by atoms with Gasteiger partial charge in [-0.05, 0) is 18.6 Å². The molecule has 1 aliphatic rings. The lowest BCUT2D eigenvalue weighted by Gasteiger charge is -2.20. The Morgan fingerprint density at radius 3 is 3.05 bits per heavy atom. The summed E-state index contributed by atoms with van der Waals surface area (Å²) >= 11 is 6.12. The number of nitrogens with one attached hydrogen (secondary N) is 1. The predicted octanol–water partition coefficient (Wildman–Crippen LogP) is 2.13. The first-order valence-corrected chi connectivity index (χ1v) is 7.45. The topological polar surface area (TPSA) is 65.4 Å². The van der Waals surface area contributed by atoms with E-state index >= 15 is 0 Å². The number of amides is 1. The van der Waals surface area contributed by atoms with Crippen LogP contribution in [0.4, 0.5) is 0 Å². The molecule has 0 radical (unpaired) electrons. The monoisotopic (exact) mass is 321 g/mol. The molecule has 22 heavy (non-hydrogen) atoms. The standard InChI is InChI=1S/C15H16ClN3O3/c16-12-8-11(9-13-14(12)22-7-6-21-13)15(20)18-2-1-4-19-5-3-17-10-19/h3,5,8-10H,1-2,4,6-7H2,(H,18,20). The number of hydrogen-bond acceptors (Lipinski definition) is 4. The van der Waals surface area contributed by atoms with Gasteiger partial charge in [0.1, 0.15) is 13.2 Å². The van der Waals surface area contributed by atoms with E-state index in [2.05, 4.69) is 10.3 Å². The van der Waals surface area contributed by atoms with Crippen molar-refractivity contribution in [3.05, 3.63) is 41.4 Å². The number of fused-ring (bicyclic) bond motifs is 1. The maximum atomic E-state index is 12.2. The maximum absolute atomic E-state index is 12.2. The van der Waals surface area contributed by atoms with Crippen molar-refractivity contribution in [2.75, 3.05) is 19.8 Å². The van der Waals surface area contributed by atoms with Crippen LogP contribution in [0.2, 0.25) is 5.02 Å². The Balaban J connectivity index is 1.56. The molecule has 0 atom stereocenters. The SMILES string of the molecule is O=C(NCCCn1ccnc1)c1cc(Cl)c2c(c1)OCCO2. The lowest BCUT2D eigenvalue weighted by molar-refractivity contribution is 0.0951. The number of nitrogens with zero attached hydrogens (tertiary/aromatic N) is 2. The van der Waals surface area contributed by atoms with E-state index < -0.39 is 0 Å². The van der Waals surface area contributed by atoms with E-state index in [-0.39, 0.29) is 5.91 Å². The summed E-state index contributed by atoms with van der Waals surface area (Å²) in [7, 11) is 0. The first kappa shape index (κ1) is 14.7. The van der Waals surface area contributed by atoms with Crippen molar-refractivity contribution < 1.29 is 14.3 Å². The summed E-state index contributed by atoms with van der Waals surface area (Å²) < 4.78 is 12.9. The number of benzene rings is 1. The largest absolute Gasteiger partial charge is 0.486 e. The van der Waals surface area contributed by atoms with E-state index in [4.69, 9.17) is 21.1 Å². The Labute approximate surface area is 133 Å². The van der Waals surface area contributed by atoms with Gasteiger partial charge >= 0.3 is 0 Å². The van der Waals surface area contributed by atoms with Gasteiger partial charge in [-0.2, -0.15) is 0 Å². The summed E-state index contributed by atoms with van der Waals surface area (Å²) in [4.78, 5) is 16.1. The number of rotatable bonds is 5. The molecule has 1 aromatic heterocycles. The van der Waals surface area contributed by atoms with Gasteiger partial charge in [0, 0.05) is 31.0 Å². The van der Waals surface area contributed by atoms with Gasteiger partial charge in [-0.15, -0.1) is 0 Å². The fourth-order valence-corrected chi connectivity index (χ4v) is 2.49. The number of carbonyl (C=O) groups is 1. The Kier molecular flexibility index (Phi) is 4.48. The first-order valence-electron chi connectivity index (χ1n) is 7.07. The summed E-state index contributed by atoms with van der Waals surface area (Å²) in [5.41, 5.74) is 0.469. The van der Waals surface area contributed by atoms with Crippen LogP contribution in [0.25, 0.3) is 0 Å². The van der Waals surface area contributed by atoms with Crippen molar-refractivity contribution >= 4 is 17.5 Å². The molecular formula is C15H16ClN3O3. The Hall–Kier alpha value is -2.21. The number of aromatic nitrogens is 2. The molecule has 0 aliphatic carbocycles. The van der Waals surface area contributed by atoms with Crippen LogP contribution in [0.3, 0.4) is 0 Å². The molecule has 1 amide bonds. The molecule has 2 aromatic rings. The Morgan fingerprint density at radius 2 is 2.23 bits per heavy atom. The van der Waals surface area contributed by atoms with E-state index in [0.717, 1.165) is 13.0 Å². The molecule has 1 aromatic carbocycles. The fraction of sp³-hybridized carbons (Fsp3) is 0.333. The van der Waals surface area contributed by atoms with Crippen LogP contribution in [0.5, 0.6) is 11.5 Å². The molecule has 116 valence electrons. The van der Waals surface area contributed by atoms with Crippen LogP contribution in [0.15, 0.2) is 30.9 Å². The minimum absolute atomic E-state index is 0.176. The number of ether oxygens (including phenoxy) is 2. The van der Waals surface area contributed by atoms with E-state index in [9.17, 15) is 4.79 Å². The highest BCUT2D eigenvalue weighted by Crippen LogP contribution is 2.38. The fourth-order valence-electron chi connectivity index (χ4n) is 2.23. The molecule has 1 N–H and O–H groups in total. The molecule has 7 heteroatoms. The van der Waals surface area contributed by atoms with Crippen molar-refractivity contribution in [1.82, 2.24) is 14.9 Å². The highest BCUT2D eigenvalue weighted by Gasteiger charge is 2.19. The molecule has 0 unspecified atom stereocenters. The quantitative estimate of drug-likeness (QED) is 0.857. The normalized spacial score (nSPS) is 13.0. The molecule has 0 saturated carbocycles. The summed E-state index contributed by atoms with van der Waals surface area (Å²) in [5, 5.41) is 3.26. The third-order valence-corrected chi connectivity index (χ3v) is 3.58. The summed E-state index contributed by atoms with van der Waals surface area (Å²) in [5.74, 6) is 0.844. The molecule has 3 rings (SSSR count). The average molecular weight is 322 g/mol. The van der Waals surface area contributed by atoms with Crippen LogP contribution in [-0.4, -0.2) is 35.2 Å². The molecule has 1 aliphatic heterocycles. The maximum Gasteiger partial charge on any atom is 0.251 e. The van der Waals surface area contributed by atoms with E-state index in [1.54, 1.807) is 24.7 Å². The second kappa shape index (κ2) is 6.70. The lowest BCUT2D eigenvalue weighted by Crippen LogP contribution is -2.25. The van der Waals surface area contributed by atoms with Gasteiger partial charge in [-0.3, -0.25) is 4.79 Å². The van der Waals surface area contributed by atoms with Gasteiger partial charge < -0.3 is 19.4 Å². The molecule has 0 bridgehead atoms. The van der Waals surface area contributed by atoms with Crippen LogP contribution in [0.1, 0.15) is 16.8 Å². The highest BCUT2D eigenvalue weighted by atomic mass is 35.5. The van der Waals surface area contributed by atoms with Crippen molar-refractivity contribution in [3.63, 3.8) is 0 Å². The zero-order valence-electron chi connectivity index (χ0n) is 11.9. The Morgan fingerprint density at radius 1 is 1.36 bits per heavy atom. The highest BCUT2D eigenvalue weighted by molar-refractivity contribution is 6.32. The van der Waals surface area contributed by atoms with Gasteiger partial charge in [-0.25, -0.2) is 4.98 Å². The minimum Gasteiger partial charge on any atom is -0.486 e. The van der Waals surface area contributed by atoms with Crippen LogP contribution >= 0.6 is 11.6 Å². The third-order valence-electron chi connectivity index (χ3n) is 3.30. The minimum atomic E-state index is -0.176. The average Bonchev–Trinajstić information content (AvgIpc) is 3.04. The molecule has 6 nitrogen and oxygen atoms in total. The molecular weight excluding hydrogens is 306 g/mol. The van der Waals surface area contributed by atoms with Gasteiger partial charge in [0.15, 0.2) is 11.5 Å². The number of halogens is 1. The molecule has 0 fully saturated rings. The van der Waals surface area contributed by atoms with Crippen molar-refractivity contribution in [2.45, 2.75) is 13.0 Å². The van der Waals surface area contributed by atoms with Crippen LogP contribution < -0.4 is 14.8 Å². The summed E-state index contributed by atoms with van der Waals surface area (Å²) in [6, 6.07) is 3.26. The third kappa shape index (κ3) is 3.33. The van der Waals surface area contributed by atoms with Crippen LogP contribution in [-0.2, 0) is 6.54 Å². The molecule has 2 heterocycles. The van der Waals surface area contributed by atoms with Crippen molar-refractivity contribution in [3.8, 4) is 11.5 Å². The summed E-state index contributed by atoms with van der Waals surface area (Å²) in [6.07, 6.45) is 6.20. The van der Waals surface area contributed by atoms with E-state index in [0.29, 0.717) is 41.8 Å². The first-order chi connectivity index (χ1) is 10.7. The van der Waals surface area contributed by atoms with Gasteiger partial charge in [0.05, 0.1) is 11.3 Å². The molecule has 0 saturated heterocycles. The van der Waals surface area contributed by atoms with E-state index in [1.165, 1.54) is 0 Å². The van der Waals surface area contributed by atoms with Crippen molar-refractivity contribution in [2.24, 2.45) is 0 Å². The number of hydrogen-bond donors (Lipinski definition) is 1. The second-order valence-electron chi connectivity index (χ2n) is 4.89. The van der Waals surface area contributed by atoms with E-state index in [1.807, 2.05) is 10.8 Å². The predicted molar refractivity (Wildman–Crippen MR) is 81.6 cm³/mol. The number of aryl methyl sites for hydroxylation is 1. The zero-order valence-corrected chi connectivity index (χ0v) is 12.7.